The molecule has 0 aliphatic heterocycles. The number of methoxy groups -OCH3 is 1. The Bertz CT molecular complexity index is 1790. The van der Waals surface area contributed by atoms with Crippen molar-refractivity contribution in [2.24, 2.45) is 0 Å². The number of halogens is 1. The van der Waals surface area contributed by atoms with Gasteiger partial charge in [0.15, 0.2) is 0 Å². The number of hydrogen-bond donors (Lipinski definition) is 1. The molecule has 1 saturated carbocycles. The van der Waals surface area contributed by atoms with Crippen molar-refractivity contribution in [3.05, 3.63) is 126 Å². The molecule has 0 heterocycles. The number of carbonyl (C=O) groups excluding carboxylic acids is 2. The fraction of sp³-hybridized carbons (Fsp3) is 0.316. The number of rotatable bonds is 13. The Hall–Kier alpha value is -4.70. The maximum atomic E-state index is 15.2. The third-order valence-corrected chi connectivity index (χ3v) is 10.5. The second kappa shape index (κ2) is 15.9. The summed E-state index contributed by atoms with van der Waals surface area (Å²) in [7, 11) is -2.89. The first-order chi connectivity index (χ1) is 23.2. The number of ether oxygens (including phenoxy) is 1. The van der Waals surface area contributed by atoms with Crippen LogP contribution >= 0.6 is 0 Å². The number of para-hydroxylation sites is 2. The number of nitrogens with zero attached hydrogens (tertiary/aromatic N) is 2. The van der Waals surface area contributed by atoms with Crippen molar-refractivity contribution in [2.75, 3.05) is 18.0 Å². The van der Waals surface area contributed by atoms with Crippen LogP contribution in [0.4, 0.5) is 10.1 Å². The molecule has 4 aromatic rings. The highest BCUT2D eigenvalue weighted by Crippen LogP contribution is 2.33. The highest BCUT2D eigenvalue weighted by molar-refractivity contribution is 7.92. The molecule has 252 valence electrons. The zero-order chi connectivity index (χ0) is 34.1. The van der Waals surface area contributed by atoms with E-state index in [1.165, 1.54) is 30.2 Å². The van der Waals surface area contributed by atoms with E-state index in [1.54, 1.807) is 54.6 Å². The molecule has 0 aromatic heterocycles. The van der Waals surface area contributed by atoms with E-state index in [-0.39, 0.29) is 46.8 Å². The van der Waals surface area contributed by atoms with Crippen molar-refractivity contribution < 1.29 is 27.1 Å². The summed E-state index contributed by atoms with van der Waals surface area (Å²) in [5.41, 5.74) is 2.05. The average Bonchev–Trinajstić information content (AvgIpc) is 3.10. The van der Waals surface area contributed by atoms with Crippen LogP contribution in [0, 0.1) is 12.7 Å². The number of carbonyl (C=O) groups is 2. The number of nitrogens with one attached hydrogen (secondary N) is 1. The van der Waals surface area contributed by atoms with E-state index in [2.05, 4.69) is 5.32 Å². The predicted molar refractivity (Wildman–Crippen MR) is 185 cm³/mol. The largest absolute Gasteiger partial charge is 0.495 e. The lowest BCUT2D eigenvalue weighted by atomic mass is 9.94. The molecule has 1 fully saturated rings. The smallest absolute Gasteiger partial charge is 0.264 e. The Labute approximate surface area is 282 Å². The van der Waals surface area contributed by atoms with Gasteiger partial charge in [-0.1, -0.05) is 97.6 Å². The Morgan fingerprint density at radius 1 is 0.875 bits per heavy atom. The van der Waals surface area contributed by atoms with Crippen LogP contribution in [0.2, 0.25) is 0 Å². The van der Waals surface area contributed by atoms with Gasteiger partial charge < -0.3 is 15.0 Å². The van der Waals surface area contributed by atoms with Gasteiger partial charge in [0.2, 0.25) is 11.8 Å². The molecule has 0 radical (unpaired) electrons. The van der Waals surface area contributed by atoms with E-state index in [1.807, 2.05) is 37.3 Å². The van der Waals surface area contributed by atoms with E-state index >= 15 is 4.39 Å². The van der Waals surface area contributed by atoms with Crippen LogP contribution in [0.15, 0.2) is 108 Å². The summed E-state index contributed by atoms with van der Waals surface area (Å²) in [4.78, 5) is 30.2. The predicted octanol–water partition coefficient (Wildman–Crippen LogP) is 6.43. The third kappa shape index (κ3) is 8.41. The van der Waals surface area contributed by atoms with Gasteiger partial charge in [-0.2, -0.15) is 0 Å². The van der Waals surface area contributed by atoms with Crippen LogP contribution in [0.5, 0.6) is 5.75 Å². The highest BCUT2D eigenvalue weighted by atomic mass is 32.2. The maximum absolute atomic E-state index is 15.2. The molecule has 10 heteroatoms. The normalized spacial score (nSPS) is 14.1. The molecule has 1 atom stereocenters. The van der Waals surface area contributed by atoms with E-state index in [0.29, 0.717) is 0 Å². The van der Waals surface area contributed by atoms with E-state index < -0.39 is 34.3 Å². The van der Waals surface area contributed by atoms with Gasteiger partial charge in [0.25, 0.3) is 10.0 Å². The quantitative estimate of drug-likeness (QED) is 0.177. The van der Waals surface area contributed by atoms with Gasteiger partial charge >= 0.3 is 0 Å². The summed E-state index contributed by atoms with van der Waals surface area (Å²) in [5.74, 6) is -1.31. The third-order valence-electron chi connectivity index (χ3n) is 8.76. The summed E-state index contributed by atoms with van der Waals surface area (Å²) in [6.07, 6.45) is 4.92. The minimum atomic E-state index is -4.31. The van der Waals surface area contributed by atoms with Crippen LogP contribution < -0.4 is 14.4 Å². The summed E-state index contributed by atoms with van der Waals surface area (Å²) in [6, 6.07) is 27.2. The summed E-state index contributed by atoms with van der Waals surface area (Å²) >= 11 is 0. The molecule has 5 rings (SSSR count). The monoisotopic (exact) mass is 671 g/mol. The van der Waals surface area contributed by atoms with Crippen molar-refractivity contribution in [1.29, 1.82) is 0 Å². The maximum Gasteiger partial charge on any atom is 0.264 e. The first kappa shape index (κ1) is 34.6. The first-order valence-corrected chi connectivity index (χ1v) is 17.7. The van der Waals surface area contributed by atoms with Gasteiger partial charge in [0.1, 0.15) is 24.2 Å². The molecule has 0 spiro atoms. The zero-order valence-corrected chi connectivity index (χ0v) is 28.2. The molecule has 1 aliphatic rings. The highest BCUT2D eigenvalue weighted by Gasteiger charge is 2.36. The van der Waals surface area contributed by atoms with Crippen molar-refractivity contribution in [2.45, 2.75) is 69.0 Å². The van der Waals surface area contributed by atoms with Gasteiger partial charge in [-0.15, -0.1) is 0 Å². The number of aryl methyl sites for hydroxylation is 1. The minimum absolute atomic E-state index is 0.0108. The van der Waals surface area contributed by atoms with Crippen molar-refractivity contribution in [3.63, 3.8) is 0 Å². The number of amides is 2. The molecule has 0 saturated heterocycles. The fourth-order valence-electron chi connectivity index (χ4n) is 6.10. The van der Waals surface area contributed by atoms with E-state index in [0.717, 1.165) is 47.5 Å². The number of anilines is 1. The molecule has 1 N–H and O–H groups in total. The first-order valence-electron chi connectivity index (χ1n) is 16.3. The van der Waals surface area contributed by atoms with Crippen LogP contribution in [0.3, 0.4) is 0 Å². The fourth-order valence-corrected chi connectivity index (χ4v) is 7.52. The van der Waals surface area contributed by atoms with E-state index in [9.17, 15) is 18.0 Å². The second-order valence-corrected chi connectivity index (χ2v) is 14.0. The Morgan fingerprint density at radius 3 is 2.21 bits per heavy atom. The van der Waals surface area contributed by atoms with E-state index in [4.69, 9.17) is 4.74 Å². The van der Waals surface area contributed by atoms with Crippen molar-refractivity contribution in [3.8, 4) is 5.75 Å². The molecular formula is C38H42FN3O5S. The Morgan fingerprint density at radius 2 is 1.52 bits per heavy atom. The standard InChI is InChI=1S/C38H42FN3O5S/c1-28-21-23-32(24-22-28)48(45,46)42(34-19-11-12-20-36(34)47-2)27-37(43)41(26-30-15-9-10-18-33(30)39)35(25-29-13-5-3-6-14-29)38(44)40-31-16-7-4-8-17-31/h3,5-6,9-15,18-24,31,35H,4,7-8,16-17,25-27H2,1-2H3,(H,40,44)/t35-/m1/s1. The molecule has 4 aromatic carbocycles. The van der Waals surface area contributed by atoms with Gasteiger partial charge in [0, 0.05) is 24.6 Å². The molecule has 48 heavy (non-hydrogen) atoms. The van der Waals surface area contributed by atoms with Crippen LogP contribution in [0.1, 0.15) is 48.8 Å². The van der Waals surface area contributed by atoms with Crippen molar-refractivity contribution in [1.82, 2.24) is 10.2 Å². The van der Waals surface area contributed by atoms with Gasteiger partial charge in [0.05, 0.1) is 17.7 Å². The topological polar surface area (TPSA) is 96.0 Å². The summed E-state index contributed by atoms with van der Waals surface area (Å²) < 4.78 is 50.3. The van der Waals surface area contributed by atoms with Crippen molar-refractivity contribution >= 4 is 27.5 Å². The second-order valence-electron chi connectivity index (χ2n) is 12.2. The lowest BCUT2D eigenvalue weighted by Gasteiger charge is -2.35. The van der Waals surface area contributed by atoms with Crippen LogP contribution in [-0.4, -0.2) is 50.9 Å². The van der Waals surface area contributed by atoms with Gasteiger partial charge in [-0.3, -0.25) is 13.9 Å². The summed E-state index contributed by atoms with van der Waals surface area (Å²) in [6.45, 7) is 0.947. The zero-order valence-electron chi connectivity index (χ0n) is 27.3. The number of benzene rings is 4. The lowest BCUT2D eigenvalue weighted by molar-refractivity contribution is -0.140. The number of sulfonamides is 1. The SMILES string of the molecule is COc1ccccc1N(CC(=O)N(Cc1ccccc1F)[C@H](Cc1ccccc1)C(=O)NC1CCCCC1)S(=O)(=O)c1ccc(C)cc1. The molecule has 2 amide bonds. The molecule has 8 nitrogen and oxygen atoms in total. The lowest BCUT2D eigenvalue weighted by Crippen LogP contribution is -2.55. The molecule has 0 bridgehead atoms. The number of hydrogen-bond acceptors (Lipinski definition) is 5. The van der Waals surface area contributed by atoms with Crippen LogP contribution in [-0.2, 0) is 32.6 Å². The molecule has 0 unspecified atom stereocenters. The molecule has 1 aliphatic carbocycles. The Kier molecular flexibility index (Phi) is 11.5. The summed E-state index contributed by atoms with van der Waals surface area (Å²) in [5, 5.41) is 3.16. The van der Waals surface area contributed by atoms with Gasteiger partial charge in [-0.25, -0.2) is 12.8 Å². The average molecular weight is 672 g/mol. The minimum Gasteiger partial charge on any atom is -0.495 e. The molecular weight excluding hydrogens is 629 g/mol. The Balaban J connectivity index is 1.59. The van der Waals surface area contributed by atoms with Crippen LogP contribution in [0.25, 0.3) is 0 Å². The van der Waals surface area contributed by atoms with Gasteiger partial charge in [-0.05, 0) is 55.7 Å².